The van der Waals surface area contributed by atoms with Gasteiger partial charge in [0.25, 0.3) is 0 Å². The zero-order chi connectivity index (χ0) is 11.3. The van der Waals surface area contributed by atoms with Crippen molar-refractivity contribution in [2.75, 3.05) is 21.0 Å². The molecule has 84 valence electrons. The average Bonchev–Trinajstić information content (AvgIpc) is 2.17. The number of benzene rings is 1. The summed E-state index contributed by atoms with van der Waals surface area (Å²) >= 11 is 6.92. The Bertz CT molecular complexity index is 308. The fourth-order valence-electron chi connectivity index (χ4n) is 1.17. The van der Waals surface area contributed by atoms with Crippen LogP contribution in [0.5, 0.6) is 5.75 Å². The smallest absolute Gasteiger partial charge is 0.188 e. The lowest BCUT2D eigenvalue weighted by Gasteiger charge is -2.11. The van der Waals surface area contributed by atoms with Gasteiger partial charge in [0.15, 0.2) is 12.5 Å². The summed E-state index contributed by atoms with van der Waals surface area (Å²) in [6.07, 6.45) is 0. The van der Waals surface area contributed by atoms with Crippen LogP contribution >= 0.6 is 31.9 Å². The summed E-state index contributed by atoms with van der Waals surface area (Å²) < 4.78 is 12.1. The number of halogens is 2. The first-order chi connectivity index (χ1) is 7.19. The molecule has 0 heterocycles. The third kappa shape index (κ3) is 3.75. The molecule has 0 spiro atoms. The van der Waals surface area contributed by atoms with Gasteiger partial charge in [-0.05, 0) is 56.6 Å². The maximum absolute atomic E-state index is 5.41. The monoisotopic (exact) mass is 337 g/mol. The van der Waals surface area contributed by atoms with Gasteiger partial charge in [0, 0.05) is 13.7 Å². The second-order valence-electron chi connectivity index (χ2n) is 2.97. The summed E-state index contributed by atoms with van der Waals surface area (Å²) in [6.45, 7) is 1.06. The van der Waals surface area contributed by atoms with E-state index in [1.54, 1.807) is 7.11 Å². The molecule has 5 heteroatoms. The first kappa shape index (κ1) is 13.0. The number of ether oxygens (including phenoxy) is 2. The lowest BCUT2D eigenvalue weighted by atomic mass is 10.2. The number of nitrogens with one attached hydrogen (secondary N) is 1. The summed E-state index contributed by atoms with van der Waals surface area (Å²) in [5.41, 5.74) is 1.18. The maximum atomic E-state index is 5.41. The van der Waals surface area contributed by atoms with Gasteiger partial charge in [-0.3, -0.25) is 0 Å². The summed E-state index contributed by atoms with van der Waals surface area (Å²) in [6, 6.07) is 4.04. The zero-order valence-electron chi connectivity index (χ0n) is 8.64. The minimum Gasteiger partial charge on any atom is -0.465 e. The van der Waals surface area contributed by atoms with Crippen LogP contribution < -0.4 is 10.1 Å². The lowest BCUT2D eigenvalue weighted by Crippen LogP contribution is -2.06. The third-order valence-electron chi connectivity index (χ3n) is 1.76. The number of rotatable bonds is 5. The van der Waals surface area contributed by atoms with E-state index in [9.17, 15) is 0 Å². The van der Waals surface area contributed by atoms with Crippen molar-refractivity contribution in [2.24, 2.45) is 0 Å². The highest BCUT2D eigenvalue weighted by atomic mass is 79.9. The SMILES string of the molecule is CNCc1cc(Br)c(OCOC)c(Br)c1. The van der Waals surface area contributed by atoms with Crippen molar-refractivity contribution in [1.29, 1.82) is 0 Å². The Balaban J connectivity index is 2.88. The predicted octanol–water partition coefficient (Wildman–Crippen LogP) is 2.91. The summed E-state index contributed by atoms with van der Waals surface area (Å²) in [7, 11) is 3.51. The molecule has 0 atom stereocenters. The fourth-order valence-corrected chi connectivity index (χ4v) is 2.68. The van der Waals surface area contributed by atoms with Gasteiger partial charge in [0.05, 0.1) is 8.95 Å². The van der Waals surface area contributed by atoms with Crippen LogP contribution in [0.1, 0.15) is 5.56 Å². The molecule has 1 aromatic carbocycles. The minimum absolute atomic E-state index is 0.239. The molecular weight excluding hydrogens is 326 g/mol. The molecule has 15 heavy (non-hydrogen) atoms. The highest BCUT2D eigenvalue weighted by Crippen LogP contribution is 2.34. The van der Waals surface area contributed by atoms with E-state index >= 15 is 0 Å². The molecule has 0 fully saturated rings. The van der Waals surface area contributed by atoms with Crippen LogP contribution in [0.4, 0.5) is 0 Å². The summed E-state index contributed by atoms with van der Waals surface area (Å²) in [5, 5.41) is 3.09. The lowest BCUT2D eigenvalue weighted by molar-refractivity contribution is 0.0500. The molecule has 0 aromatic heterocycles. The largest absolute Gasteiger partial charge is 0.465 e. The molecule has 3 nitrogen and oxygen atoms in total. The van der Waals surface area contributed by atoms with Gasteiger partial charge in [0.1, 0.15) is 0 Å². The number of methoxy groups -OCH3 is 1. The van der Waals surface area contributed by atoms with E-state index in [-0.39, 0.29) is 6.79 Å². The van der Waals surface area contributed by atoms with Crippen LogP contribution in [-0.2, 0) is 11.3 Å². The molecule has 0 amide bonds. The second kappa shape index (κ2) is 6.48. The van der Waals surface area contributed by atoms with Crippen molar-refractivity contribution in [3.05, 3.63) is 26.6 Å². The first-order valence-electron chi connectivity index (χ1n) is 4.43. The molecule has 0 unspecified atom stereocenters. The normalized spacial score (nSPS) is 10.4. The first-order valence-corrected chi connectivity index (χ1v) is 6.02. The van der Waals surface area contributed by atoms with Crippen LogP contribution in [-0.4, -0.2) is 21.0 Å². The van der Waals surface area contributed by atoms with Crippen LogP contribution in [0.2, 0.25) is 0 Å². The van der Waals surface area contributed by atoms with E-state index in [4.69, 9.17) is 9.47 Å². The van der Waals surface area contributed by atoms with Crippen molar-refractivity contribution in [3.8, 4) is 5.75 Å². The van der Waals surface area contributed by atoms with Crippen molar-refractivity contribution < 1.29 is 9.47 Å². The molecular formula is C10H13Br2NO2. The van der Waals surface area contributed by atoms with Crippen LogP contribution in [0, 0.1) is 0 Å². The van der Waals surface area contributed by atoms with Gasteiger partial charge in [-0.15, -0.1) is 0 Å². The zero-order valence-corrected chi connectivity index (χ0v) is 11.8. The summed E-state index contributed by atoms with van der Waals surface area (Å²) in [4.78, 5) is 0. The molecule has 1 rings (SSSR count). The molecule has 0 saturated heterocycles. The van der Waals surface area contributed by atoms with E-state index in [2.05, 4.69) is 37.2 Å². The van der Waals surface area contributed by atoms with E-state index in [1.807, 2.05) is 19.2 Å². The van der Waals surface area contributed by atoms with Gasteiger partial charge >= 0.3 is 0 Å². The molecule has 0 aliphatic rings. The predicted molar refractivity (Wildman–Crippen MR) is 67.1 cm³/mol. The van der Waals surface area contributed by atoms with Crippen molar-refractivity contribution in [2.45, 2.75) is 6.54 Å². The molecule has 0 bridgehead atoms. The molecule has 1 N–H and O–H groups in total. The Labute approximate surface area is 106 Å². The Morgan fingerprint density at radius 2 is 1.87 bits per heavy atom. The van der Waals surface area contributed by atoms with Gasteiger partial charge in [-0.2, -0.15) is 0 Å². The number of hydrogen-bond acceptors (Lipinski definition) is 3. The summed E-state index contributed by atoms with van der Waals surface area (Å²) in [5.74, 6) is 0.761. The molecule has 0 radical (unpaired) electrons. The molecule has 0 aliphatic carbocycles. The van der Waals surface area contributed by atoms with E-state index in [0.29, 0.717) is 0 Å². The second-order valence-corrected chi connectivity index (χ2v) is 4.68. The van der Waals surface area contributed by atoms with Gasteiger partial charge < -0.3 is 14.8 Å². The topological polar surface area (TPSA) is 30.5 Å². The van der Waals surface area contributed by atoms with Gasteiger partial charge in [-0.1, -0.05) is 0 Å². The van der Waals surface area contributed by atoms with Gasteiger partial charge in [-0.25, -0.2) is 0 Å². The van der Waals surface area contributed by atoms with E-state index in [1.165, 1.54) is 5.56 Å². The third-order valence-corrected chi connectivity index (χ3v) is 2.94. The molecule has 1 aromatic rings. The van der Waals surface area contributed by atoms with E-state index in [0.717, 1.165) is 21.2 Å². The minimum atomic E-state index is 0.239. The maximum Gasteiger partial charge on any atom is 0.188 e. The highest BCUT2D eigenvalue weighted by Gasteiger charge is 2.08. The van der Waals surface area contributed by atoms with E-state index < -0.39 is 0 Å². The van der Waals surface area contributed by atoms with Crippen molar-refractivity contribution in [3.63, 3.8) is 0 Å². The van der Waals surface area contributed by atoms with Crippen molar-refractivity contribution >= 4 is 31.9 Å². The standard InChI is InChI=1S/C10H13Br2NO2/c1-13-5-7-3-8(11)10(9(12)4-7)15-6-14-2/h3-4,13H,5-6H2,1-2H3. The Kier molecular flexibility index (Phi) is 5.60. The number of hydrogen-bond donors (Lipinski definition) is 1. The molecule has 0 aliphatic heterocycles. The Morgan fingerprint density at radius 1 is 1.27 bits per heavy atom. The van der Waals surface area contributed by atoms with Crippen molar-refractivity contribution in [1.82, 2.24) is 5.32 Å². The fraction of sp³-hybridized carbons (Fsp3) is 0.400. The Morgan fingerprint density at radius 3 is 2.33 bits per heavy atom. The average molecular weight is 339 g/mol. The van der Waals surface area contributed by atoms with Crippen LogP contribution in [0.15, 0.2) is 21.1 Å². The molecule has 0 saturated carbocycles. The highest BCUT2D eigenvalue weighted by molar-refractivity contribution is 9.11. The van der Waals surface area contributed by atoms with Crippen LogP contribution in [0.25, 0.3) is 0 Å². The quantitative estimate of drug-likeness (QED) is 0.837. The van der Waals surface area contributed by atoms with Crippen LogP contribution in [0.3, 0.4) is 0 Å². The van der Waals surface area contributed by atoms with Gasteiger partial charge in [0.2, 0.25) is 0 Å². The Hall–Kier alpha value is -0.100.